The van der Waals surface area contributed by atoms with E-state index in [2.05, 4.69) is 19.2 Å². The molecular formula is C16H22N2O2. The Labute approximate surface area is 119 Å². The van der Waals surface area contributed by atoms with E-state index in [0.717, 1.165) is 23.2 Å². The minimum atomic E-state index is -0.00528. The normalized spacial score (nSPS) is 11.2. The Morgan fingerprint density at radius 3 is 2.80 bits per heavy atom. The average molecular weight is 274 g/mol. The van der Waals surface area contributed by atoms with E-state index in [0.29, 0.717) is 19.1 Å². The number of nitrogens with one attached hydrogen (secondary N) is 1. The molecule has 1 aromatic carbocycles. The van der Waals surface area contributed by atoms with E-state index < -0.39 is 0 Å². The van der Waals surface area contributed by atoms with Crippen molar-refractivity contribution in [3.63, 3.8) is 0 Å². The van der Waals surface area contributed by atoms with Crippen molar-refractivity contribution in [3.05, 3.63) is 40.7 Å². The van der Waals surface area contributed by atoms with Crippen molar-refractivity contribution in [2.45, 2.75) is 13.8 Å². The van der Waals surface area contributed by atoms with Crippen LogP contribution in [0.25, 0.3) is 10.9 Å². The highest BCUT2D eigenvalue weighted by Gasteiger charge is 2.05. The van der Waals surface area contributed by atoms with Gasteiger partial charge in [-0.25, -0.2) is 0 Å². The molecule has 0 saturated heterocycles. The number of anilines is 1. The van der Waals surface area contributed by atoms with E-state index >= 15 is 0 Å². The maximum Gasteiger partial charge on any atom is 0.252 e. The zero-order valence-electron chi connectivity index (χ0n) is 12.3. The molecule has 0 fully saturated rings. The zero-order chi connectivity index (χ0) is 14.5. The van der Waals surface area contributed by atoms with E-state index in [-0.39, 0.29) is 5.56 Å². The molecule has 1 heterocycles. The third-order valence-corrected chi connectivity index (χ3v) is 3.17. The van der Waals surface area contributed by atoms with Crippen molar-refractivity contribution in [2.24, 2.45) is 13.0 Å². The maximum atomic E-state index is 11.9. The molecule has 0 unspecified atom stereocenters. The second-order valence-electron chi connectivity index (χ2n) is 5.37. The molecule has 4 nitrogen and oxygen atoms in total. The van der Waals surface area contributed by atoms with Crippen LogP contribution in [0.2, 0.25) is 0 Å². The van der Waals surface area contributed by atoms with Gasteiger partial charge in [-0.2, -0.15) is 0 Å². The van der Waals surface area contributed by atoms with Gasteiger partial charge in [-0.1, -0.05) is 32.0 Å². The molecule has 0 bridgehead atoms. The number of para-hydroxylation sites is 1. The monoisotopic (exact) mass is 274 g/mol. The molecule has 0 aliphatic carbocycles. The largest absolute Gasteiger partial charge is 0.382 e. The zero-order valence-corrected chi connectivity index (χ0v) is 12.3. The van der Waals surface area contributed by atoms with E-state index in [1.807, 2.05) is 24.3 Å². The first-order valence-corrected chi connectivity index (χ1v) is 7.00. The van der Waals surface area contributed by atoms with Crippen molar-refractivity contribution in [2.75, 3.05) is 25.1 Å². The lowest BCUT2D eigenvalue weighted by Gasteiger charge is -2.12. The van der Waals surface area contributed by atoms with Crippen LogP contribution in [-0.2, 0) is 11.8 Å². The Morgan fingerprint density at radius 2 is 2.05 bits per heavy atom. The lowest BCUT2D eigenvalue weighted by Crippen LogP contribution is -2.19. The first-order chi connectivity index (χ1) is 9.59. The van der Waals surface area contributed by atoms with E-state index in [4.69, 9.17) is 4.74 Å². The minimum Gasteiger partial charge on any atom is -0.382 e. The molecule has 1 N–H and O–H groups in total. The second-order valence-corrected chi connectivity index (χ2v) is 5.37. The molecule has 0 atom stereocenters. The molecule has 2 rings (SSSR count). The standard InChI is InChI=1S/C16H22N2O2/c1-12(2)11-20-9-8-17-14-10-16(19)18(3)15-7-5-4-6-13(14)15/h4-7,10,12,17H,8-9,11H2,1-3H3. The van der Waals surface area contributed by atoms with Crippen molar-refractivity contribution in [1.82, 2.24) is 4.57 Å². The SMILES string of the molecule is CC(C)COCCNc1cc(=O)n(C)c2ccccc12. The molecule has 20 heavy (non-hydrogen) atoms. The van der Waals surface area contributed by atoms with Crippen LogP contribution in [0.5, 0.6) is 0 Å². The van der Waals surface area contributed by atoms with E-state index in [9.17, 15) is 4.79 Å². The van der Waals surface area contributed by atoms with Gasteiger partial charge in [-0.3, -0.25) is 4.79 Å². The van der Waals surface area contributed by atoms with Gasteiger partial charge in [-0.05, 0) is 12.0 Å². The third-order valence-electron chi connectivity index (χ3n) is 3.17. The number of hydrogen-bond donors (Lipinski definition) is 1. The van der Waals surface area contributed by atoms with Gasteiger partial charge < -0.3 is 14.6 Å². The van der Waals surface area contributed by atoms with Gasteiger partial charge in [0.15, 0.2) is 0 Å². The summed E-state index contributed by atoms with van der Waals surface area (Å²) >= 11 is 0. The number of ether oxygens (including phenoxy) is 1. The van der Waals surface area contributed by atoms with Gasteiger partial charge in [-0.15, -0.1) is 0 Å². The number of aryl methyl sites for hydroxylation is 1. The third kappa shape index (κ3) is 3.39. The number of rotatable bonds is 6. The summed E-state index contributed by atoms with van der Waals surface area (Å²) in [7, 11) is 1.79. The molecule has 0 amide bonds. The molecule has 0 saturated carbocycles. The van der Waals surface area contributed by atoms with Crippen LogP contribution in [0, 0.1) is 5.92 Å². The molecule has 0 radical (unpaired) electrons. The van der Waals surface area contributed by atoms with Gasteiger partial charge in [0.1, 0.15) is 0 Å². The Hall–Kier alpha value is -1.81. The second kappa shape index (κ2) is 6.57. The molecule has 0 aliphatic rings. The lowest BCUT2D eigenvalue weighted by molar-refractivity contribution is 0.118. The highest BCUT2D eigenvalue weighted by atomic mass is 16.5. The summed E-state index contributed by atoms with van der Waals surface area (Å²) in [5.74, 6) is 0.542. The molecule has 0 spiro atoms. The number of pyridine rings is 1. The van der Waals surface area contributed by atoms with Gasteiger partial charge in [0.2, 0.25) is 0 Å². The predicted molar refractivity (Wildman–Crippen MR) is 83.3 cm³/mol. The Bertz CT molecular complexity index is 632. The molecular weight excluding hydrogens is 252 g/mol. The number of benzene rings is 1. The fourth-order valence-electron chi connectivity index (χ4n) is 2.13. The highest BCUT2D eigenvalue weighted by molar-refractivity contribution is 5.91. The predicted octanol–water partition coefficient (Wildman–Crippen LogP) is 2.62. The van der Waals surface area contributed by atoms with Crippen molar-refractivity contribution >= 4 is 16.6 Å². The first-order valence-electron chi connectivity index (χ1n) is 7.00. The van der Waals surface area contributed by atoms with Gasteiger partial charge >= 0.3 is 0 Å². The number of nitrogens with zero attached hydrogens (tertiary/aromatic N) is 1. The van der Waals surface area contributed by atoms with Crippen LogP contribution >= 0.6 is 0 Å². The van der Waals surface area contributed by atoms with Crippen LogP contribution < -0.4 is 10.9 Å². The molecule has 4 heteroatoms. The smallest absolute Gasteiger partial charge is 0.252 e. The summed E-state index contributed by atoms with van der Waals surface area (Å²) in [5.41, 5.74) is 1.80. The van der Waals surface area contributed by atoms with Crippen LogP contribution in [0.15, 0.2) is 35.1 Å². The molecule has 1 aromatic heterocycles. The molecule has 2 aromatic rings. The Balaban J connectivity index is 2.10. The summed E-state index contributed by atoms with van der Waals surface area (Å²) in [6, 6.07) is 9.54. The highest BCUT2D eigenvalue weighted by Crippen LogP contribution is 2.20. The van der Waals surface area contributed by atoms with Crippen molar-refractivity contribution in [3.8, 4) is 0 Å². The number of fused-ring (bicyclic) bond motifs is 1. The minimum absolute atomic E-state index is 0.00528. The van der Waals surface area contributed by atoms with E-state index in [1.165, 1.54) is 0 Å². The Morgan fingerprint density at radius 1 is 1.30 bits per heavy atom. The van der Waals surface area contributed by atoms with Crippen molar-refractivity contribution in [1.29, 1.82) is 0 Å². The lowest BCUT2D eigenvalue weighted by atomic mass is 10.2. The average Bonchev–Trinajstić information content (AvgIpc) is 2.43. The van der Waals surface area contributed by atoms with E-state index in [1.54, 1.807) is 17.7 Å². The van der Waals surface area contributed by atoms with Crippen LogP contribution in [0.3, 0.4) is 0 Å². The number of aromatic nitrogens is 1. The van der Waals surface area contributed by atoms with Crippen molar-refractivity contribution < 1.29 is 4.74 Å². The van der Waals surface area contributed by atoms with Crippen LogP contribution in [0.4, 0.5) is 5.69 Å². The summed E-state index contributed by atoms with van der Waals surface area (Å²) in [6.45, 7) is 6.36. The topological polar surface area (TPSA) is 43.3 Å². The number of hydrogen-bond acceptors (Lipinski definition) is 3. The summed E-state index contributed by atoms with van der Waals surface area (Å²) in [4.78, 5) is 11.9. The summed E-state index contributed by atoms with van der Waals surface area (Å²) < 4.78 is 7.20. The Kier molecular flexibility index (Phi) is 4.79. The quantitative estimate of drug-likeness (QED) is 0.823. The van der Waals surface area contributed by atoms with Crippen LogP contribution in [0.1, 0.15) is 13.8 Å². The maximum absolute atomic E-state index is 11.9. The fraction of sp³-hybridized carbons (Fsp3) is 0.438. The van der Waals surface area contributed by atoms with Crippen LogP contribution in [-0.4, -0.2) is 24.3 Å². The molecule has 108 valence electrons. The van der Waals surface area contributed by atoms with Gasteiger partial charge in [0.05, 0.1) is 12.1 Å². The van der Waals surface area contributed by atoms with Gasteiger partial charge in [0, 0.05) is 37.3 Å². The first kappa shape index (κ1) is 14.6. The molecule has 0 aliphatic heterocycles. The fourth-order valence-corrected chi connectivity index (χ4v) is 2.13. The van der Waals surface area contributed by atoms with Gasteiger partial charge in [0.25, 0.3) is 5.56 Å². The summed E-state index contributed by atoms with van der Waals surface area (Å²) in [6.07, 6.45) is 0. The summed E-state index contributed by atoms with van der Waals surface area (Å²) in [5, 5.41) is 4.35.